The van der Waals surface area contributed by atoms with Crippen molar-refractivity contribution in [2.24, 2.45) is 0 Å². The predicted octanol–water partition coefficient (Wildman–Crippen LogP) is 3.65. The lowest BCUT2D eigenvalue weighted by atomic mass is 10.1. The molecule has 1 amide bonds. The van der Waals surface area contributed by atoms with Crippen LogP contribution in [0.1, 0.15) is 42.0 Å². The van der Waals surface area contributed by atoms with Gasteiger partial charge in [0.15, 0.2) is 0 Å². The highest BCUT2D eigenvalue weighted by Crippen LogP contribution is 2.24. The zero-order valence-electron chi connectivity index (χ0n) is 14.9. The van der Waals surface area contributed by atoms with Gasteiger partial charge in [-0.2, -0.15) is 0 Å². The molecule has 0 radical (unpaired) electrons. The molecule has 1 unspecified atom stereocenters. The number of fused-ring (bicyclic) bond motifs is 1. The standard InChI is InChI=1S/C18H17N5O5/c1-2-5-16(17-19-14-6-3-4-7-15(14)20-17)21-18(24)11-8-12(22(25)26)10-13(9-11)23(27)28/h3-4,6-10,16H,2,5H2,1H3,(H,19,20)(H,21,24). The van der Waals surface area contributed by atoms with Gasteiger partial charge in [-0.1, -0.05) is 25.5 Å². The topological polar surface area (TPSA) is 144 Å². The van der Waals surface area contributed by atoms with E-state index in [0.29, 0.717) is 12.2 Å². The molecule has 0 saturated carbocycles. The average molecular weight is 383 g/mol. The van der Waals surface area contributed by atoms with E-state index in [4.69, 9.17) is 0 Å². The molecule has 0 fully saturated rings. The Balaban J connectivity index is 1.92. The summed E-state index contributed by atoms with van der Waals surface area (Å²) in [5.41, 5.74) is 0.376. The van der Waals surface area contributed by atoms with Crippen LogP contribution in [0.2, 0.25) is 0 Å². The number of non-ortho nitro benzene ring substituents is 2. The number of nitrogens with zero attached hydrogens (tertiary/aromatic N) is 3. The van der Waals surface area contributed by atoms with Crippen LogP contribution in [0.15, 0.2) is 42.5 Å². The van der Waals surface area contributed by atoms with Crippen molar-refractivity contribution in [2.75, 3.05) is 0 Å². The minimum atomic E-state index is -0.771. The lowest BCUT2D eigenvalue weighted by molar-refractivity contribution is -0.394. The zero-order chi connectivity index (χ0) is 20.3. The molecule has 2 N–H and O–H groups in total. The van der Waals surface area contributed by atoms with E-state index in [9.17, 15) is 25.0 Å². The molecule has 0 saturated heterocycles. The number of aromatic amines is 1. The number of aromatic nitrogens is 2. The van der Waals surface area contributed by atoms with Crippen LogP contribution in [0.25, 0.3) is 11.0 Å². The van der Waals surface area contributed by atoms with Crippen LogP contribution in [0.5, 0.6) is 0 Å². The number of carbonyl (C=O) groups is 1. The summed E-state index contributed by atoms with van der Waals surface area (Å²) in [5, 5.41) is 24.8. The van der Waals surface area contributed by atoms with Crippen LogP contribution in [-0.4, -0.2) is 25.7 Å². The van der Waals surface area contributed by atoms with Crippen LogP contribution in [-0.2, 0) is 0 Å². The molecule has 0 aliphatic rings. The summed E-state index contributed by atoms with van der Waals surface area (Å²) in [7, 11) is 0. The third kappa shape index (κ3) is 3.95. The first-order valence-corrected chi connectivity index (χ1v) is 8.58. The molecule has 28 heavy (non-hydrogen) atoms. The predicted molar refractivity (Wildman–Crippen MR) is 101 cm³/mol. The second-order valence-corrected chi connectivity index (χ2v) is 6.21. The molecule has 10 heteroatoms. The van der Waals surface area contributed by atoms with Crippen molar-refractivity contribution in [1.29, 1.82) is 0 Å². The van der Waals surface area contributed by atoms with Gasteiger partial charge in [-0.15, -0.1) is 0 Å². The average Bonchev–Trinajstić information content (AvgIpc) is 3.11. The van der Waals surface area contributed by atoms with Gasteiger partial charge in [0, 0.05) is 12.1 Å². The summed E-state index contributed by atoms with van der Waals surface area (Å²) >= 11 is 0. The van der Waals surface area contributed by atoms with Crippen molar-refractivity contribution in [3.8, 4) is 0 Å². The number of nitro benzene ring substituents is 2. The Morgan fingerprint density at radius 1 is 1.14 bits per heavy atom. The van der Waals surface area contributed by atoms with Crippen LogP contribution < -0.4 is 5.32 Å². The Labute approximate surface area is 158 Å². The normalized spacial score (nSPS) is 11.9. The van der Waals surface area contributed by atoms with E-state index in [1.165, 1.54) is 0 Å². The number of H-pyrrole nitrogens is 1. The van der Waals surface area contributed by atoms with Crippen molar-refractivity contribution in [3.05, 3.63) is 74.1 Å². The zero-order valence-corrected chi connectivity index (χ0v) is 14.9. The molecule has 0 aliphatic heterocycles. The summed E-state index contributed by atoms with van der Waals surface area (Å²) in [5.74, 6) is -0.0953. The molecule has 1 heterocycles. The molecule has 2 aromatic carbocycles. The molecular weight excluding hydrogens is 366 g/mol. The molecule has 1 atom stereocenters. The second kappa shape index (κ2) is 7.82. The summed E-state index contributed by atoms with van der Waals surface area (Å²) in [6.45, 7) is 1.94. The maximum atomic E-state index is 12.7. The Hall–Kier alpha value is -3.82. The Bertz CT molecular complexity index is 996. The third-order valence-electron chi connectivity index (χ3n) is 4.21. The summed E-state index contributed by atoms with van der Waals surface area (Å²) < 4.78 is 0. The number of benzene rings is 2. The monoisotopic (exact) mass is 383 g/mol. The van der Waals surface area contributed by atoms with Gasteiger partial charge < -0.3 is 10.3 Å². The molecule has 0 aliphatic carbocycles. The van der Waals surface area contributed by atoms with Gasteiger partial charge >= 0.3 is 0 Å². The highest BCUT2D eigenvalue weighted by Gasteiger charge is 2.23. The largest absolute Gasteiger partial charge is 0.342 e. The number of imidazole rings is 1. The fourth-order valence-electron chi connectivity index (χ4n) is 2.88. The number of hydrogen-bond donors (Lipinski definition) is 2. The van der Waals surface area contributed by atoms with Crippen LogP contribution in [0.3, 0.4) is 0 Å². The SMILES string of the molecule is CCCC(NC(=O)c1cc([N+](=O)[O-])cc([N+](=O)[O-])c1)c1nc2ccccc2[nH]1. The minimum absolute atomic E-state index is 0.155. The van der Waals surface area contributed by atoms with E-state index in [1.54, 1.807) is 0 Å². The minimum Gasteiger partial charge on any atom is -0.342 e. The van der Waals surface area contributed by atoms with Crippen molar-refractivity contribution >= 4 is 28.3 Å². The van der Waals surface area contributed by atoms with Gasteiger partial charge in [0.25, 0.3) is 17.3 Å². The van der Waals surface area contributed by atoms with E-state index in [0.717, 1.165) is 35.7 Å². The molecule has 0 bridgehead atoms. The van der Waals surface area contributed by atoms with Gasteiger partial charge in [0.05, 0.1) is 38.6 Å². The number of amides is 1. The van der Waals surface area contributed by atoms with Crippen molar-refractivity contribution in [3.63, 3.8) is 0 Å². The molecule has 3 rings (SSSR count). The highest BCUT2D eigenvalue weighted by molar-refractivity contribution is 5.95. The Morgan fingerprint density at radius 2 is 1.79 bits per heavy atom. The number of hydrogen-bond acceptors (Lipinski definition) is 6. The summed E-state index contributed by atoms with van der Waals surface area (Å²) in [6, 6.07) is 9.80. The second-order valence-electron chi connectivity index (χ2n) is 6.21. The number of nitrogens with one attached hydrogen (secondary N) is 2. The van der Waals surface area contributed by atoms with Gasteiger partial charge in [-0.3, -0.25) is 25.0 Å². The summed E-state index contributed by atoms with van der Waals surface area (Å²) in [6.07, 6.45) is 1.32. The molecule has 1 aromatic heterocycles. The van der Waals surface area contributed by atoms with Crippen molar-refractivity contribution < 1.29 is 14.6 Å². The molecule has 10 nitrogen and oxygen atoms in total. The van der Waals surface area contributed by atoms with Gasteiger partial charge in [-0.05, 0) is 18.6 Å². The molecule has 3 aromatic rings. The first-order chi connectivity index (χ1) is 13.4. The maximum Gasteiger partial charge on any atom is 0.277 e. The molecule has 0 spiro atoms. The number of rotatable bonds is 7. The Morgan fingerprint density at radius 3 is 2.36 bits per heavy atom. The van der Waals surface area contributed by atoms with Gasteiger partial charge in [0.2, 0.25) is 0 Å². The van der Waals surface area contributed by atoms with Crippen molar-refractivity contribution in [1.82, 2.24) is 15.3 Å². The van der Waals surface area contributed by atoms with E-state index >= 15 is 0 Å². The van der Waals surface area contributed by atoms with E-state index in [-0.39, 0.29) is 5.56 Å². The number of nitro groups is 2. The van der Waals surface area contributed by atoms with E-state index in [2.05, 4.69) is 15.3 Å². The lowest BCUT2D eigenvalue weighted by Crippen LogP contribution is -2.29. The lowest BCUT2D eigenvalue weighted by Gasteiger charge is -2.16. The van der Waals surface area contributed by atoms with Crippen molar-refractivity contribution in [2.45, 2.75) is 25.8 Å². The highest BCUT2D eigenvalue weighted by atomic mass is 16.6. The van der Waals surface area contributed by atoms with E-state index in [1.807, 2.05) is 31.2 Å². The molecular formula is C18H17N5O5. The van der Waals surface area contributed by atoms with E-state index < -0.39 is 33.2 Å². The first-order valence-electron chi connectivity index (χ1n) is 8.58. The summed E-state index contributed by atoms with van der Waals surface area (Å²) in [4.78, 5) is 40.8. The van der Waals surface area contributed by atoms with Crippen LogP contribution in [0.4, 0.5) is 11.4 Å². The van der Waals surface area contributed by atoms with Gasteiger partial charge in [-0.25, -0.2) is 4.98 Å². The molecule has 144 valence electrons. The van der Waals surface area contributed by atoms with Crippen LogP contribution in [0, 0.1) is 20.2 Å². The van der Waals surface area contributed by atoms with Crippen LogP contribution >= 0.6 is 0 Å². The fourth-order valence-corrected chi connectivity index (χ4v) is 2.88. The smallest absolute Gasteiger partial charge is 0.277 e. The quantitative estimate of drug-likeness (QED) is 0.470. The number of carbonyl (C=O) groups excluding carboxylic acids is 1. The maximum absolute atomic E-state index is 12.7. The first kappa shape index (κ1) is 19.0. The fraction of sp³-hybridized carbons (Fsp3) is 0.222. The van der Waals surface area contributed by atoms with Gasteiger partial charge in [0.1, 0.15) is 5.82 Å². The third-order valence-corrected chi connectivity index (χ3v) is 4.21. The Kier molecular flexibility index (Phi) is 5.30. The number of para-hydroxylation sites is 2.